The van der Waals surface area contributed by atoms with Crippen LogP contribution in [-0.2, 0) is 6.54 Å². The van der Waals surface area contributed by atoms with Crippen molar-refractivity contribution in [2.24, 2.45) is 5.73 Å². The number of methoxy groups -OCH3 is 1. The van der Waals surface area contributed by atoms with Crippen LogP contribution in [-0.4, -0.2) is 33.9 Å². The summed E-state index contributed by atoms with van der Waals surface area (Å²) in [5.41, 5.74) is 5.76. The van der Waals surface area contributed by atoms with Gasteiger partial charge in [-0.1, -0.05) is 0 Å². The third-order valence-corrected chi connectivity index (χ3v) is 2.60. The van der Waals surface area contributed by atoms with Gasteiger partial charge in [0.2, 0.25) is 0 Å². The van der Waals surface area contributed by atoms with Crippen LogP contribution in [0.15, 0.2) is 24.3 Å². The van der Waals surface area contributed by atoms with Gasteiger partial charge >= 0.3 is 0 Å². The topological polar surface area (TPSA) is 88.1 Å². The molecule has 0 aliphatic carbocycles. The molecule has 1 heterocycles. The van der Waals surface area contributed by atoms with Crippen molar-refractivity contribution in [3.05, 3.63) is 30.1 Å². The van der Waals surface area contributed by atoms with Crippen molar-refractivity contribution < 1.29 is 9.47 Å². The fourth-order valence-electron chi connectivity index (χ4n) is 1.62. The van der Waals surface area contributed by atoms with E-state index in [1.807, 2.05) is 31.2 Å². The van der Waals surface area contributed by atoms with E-state index in [2.05, 4.69) is 15.5 Å². The molecule has 0 amide bonds. The fraction of sp³-hybridized carbons (Fsp3) is 0.417. The summed E-state index contributed by atoms with van der Waals surface area (Å²) in [4.78, 5) is 0. The molecule has 2 aromatic rings. The first-order valence-electron chi connectivity index (χ1n) is 5.99. The van der Waals surface area contributed by atoms with Crippen LogP contribution in [0, 0.1) is 0 Å². The van der Waals surface area contributed by atoms with Crippen molar-refractivity contribution >= 4 is 0 Å². The Balaban J connectivity index is 1.87. The Labute approximate surface area is 111 Å². The lowest BCUT2D eigenvalue weighted by atomic mass is 10.3. The molecular formula is C12H17N5O2. The van der Waals surface area contributed by atoms with Gasteiger partial charge in [0.25, 0.3) is 0 Å². The molecule has 1 atom stereocenters. The van der Waals surface area contributed by atoms with Gasteiger partial charge in [-0.2, -0.15) is 0 Å². The van der Waals surface area contributed by atoms with Crippen LogP contribution in [0.5, 0.6) is 11.5 Å². The van der Waals surface area contributed by atoms with Crippen LogP contribution < -0.4 is 15.2 Å². The van der Waals surface area contributed by atoms with Crippen LogP contribution in [0.3, 0.4) is 0 Å². The number of benzene rings is 1. The van der Waals surface area contributed by atoms with Crippen LogP contribution in [0.4, 0.5) is 0 Å². The molecule has 0 saturated heterocycles. The van der Waals surface area contributed by atoms with E-state index in [0.29, 0.717) is 19.0 Å². The van der Waals surface area contributed by atoms with Gasteiger partial charge in [0.1, 0.15) is 18.1 Å². The standard InChI is InChI=1S/C12H17N5O2/c1-9(13)12-14-15-16-17(12)7-8-19-11-5-3-10(18-2)4-6-11/h3-6,9H,7-8,13H2,1-2H3. The minimum Gasteiger partial charge on any atom is -0.497 e. The number of hydrogen-bond acceptors (Lipinski definition) is 6. The van der Waals surface area contributed by atoms with E-state index in [9.17, 15) is 0 Å². The average molecular weight is 263 g/mol. The minimum absolute atomic E-state index is 0.198. The first-order chi connectivity index (χ1) is 9.20. The lowest BCUT2D eigenvalue weighted by Gasteiger charge is -2.09. The second kappa shape index (κ2) is 6.14. The molecule has 7 nitrogen and oxygen atoms in total. The quantitative estimate of drug-likeness (QED) is 0.828. The number of hydrogen-bond donors (Lipinski definition) is 1. The number of tetrazole rings is 1. The van der Waals surface area contributed by atoms with E-state index in [4.69, 9.17) is 15.2 Å². The summed E-state index contributed by atoms with van der Waals surface area (Å²) in [7, 11) is 1.63. The number of nitrogens with zero attached hydrogens (tertiary/aromatic N) is 4. The molecule has 102 valence electrons. The molecule has 0 saturated carbocycles. The first-order valence-corrected chi connectivity index (χ1v) is 5.99. The highest BCUT2D eigenvalue weighted by atomic mass is 16.5. The van der Waals surface area contributed by atoms with E-state index in [1.165, 1.54) is 0 Å². The predicted molar refractivity (Wildman–Crippen MR) is 68.9 cm³/mol. The summed E-state index contributed by atoms with van der Waals surface area (Å²) in [5, 5.41) is 11.3. The fourth-order valence-corrected chi connectivity index (χ4v) is 1.62. The predicted octanol–water partition coefficient (Wildman–Crippen LogP) is 0.780. The molecule has 0 fully saturated rings. The number of ether oxygens (including phenoxy) is 2. The van der Waals surface area contributed by atoms with Crippen molar-refractivity contribution in [3.8, 4) is 11.5 Å². The highest BCUT2D eigenvalue weighted by molar-refractivity contribution is 5.31. The zero-order valence-corrected chi connectivity index (χ0v) is 11.0. The molecule has 0 radical (unpaired) electrons. The maximum atomic E-state index is 5.76. The van der Waals surface area contributed by atoms with Crippen LogP contribution in [0.2, 0.25) is 0 Å². The van der Waals surface area contributed by atoms with Gasteiger partial charge in [-0.05, 0) is 41.6 Å². The molecule has 0 aliphatic heterocycles. The van der Waals surface area contributed by atoms with Crippen LogP contribution >= 0.6 is 0 Å². The van der Waals surface area contributed by atoms with E-state index in [-0.39, 0.29) is 6.04 Å². The third kappa shape index (κ3) is 3.41. The maximum absolute atomic E-state index is 5.76. The van der Waals surface area contributed by atoms with Crippen LogP contribution in [0.1, 0.15) is 18.8 Å². The zero-order chi connectivity index (χ0) is 13.7. The molecular weight excluding hydrogens is 246 g/mol. The highest BCUT2D eigenvalue weighted by Crippen LogP contribution is 2.16. The second-order valence-corrected chi connectivity index (χ2v) is 4.07. The smallest absolute Gasteiger partial charge is 0.167 e. The summed E-state index contributed by atoms with van der Waals surface area (Å²) in [5.74, 6) is 2.22. The summed E-state index contributed by atoms with van der Waals surface area (Å²) >= 11 is 0. The van der Waals surface area contributed by atoms with Crippen molar-refractivity contribution in [2.45, 2.75) is 19.5 Å². The van der Waals surface area contributed by atoms with Crippen molar-refractivity contribution in [1.82, 2.24) is 20.2 Å². The summed E-state index contributed by atoms with van der Waals surface area (Å²) < 4.78 is 12.3. The average Bonchev–Trinajstić information content (AvgIpc) is 2.88. The Morgan fingerprint density at radius 3 is 2.58 bits per heavy atom. The molecule has 19 heavy (non-hydrogen) atoms. The van der Waals surface area contributed by atoms with Gasteiger partial charge in [-0.15, -0.1) is 5.10 Å². The number of nitrogens with two attached hydrogens (primary N) is 1. The third-order valence-electron chi connectivity index (χ3n) is 2.60. The maximum Gasteiger partial charge on any atom is 0.167 e. The van der Waals surface area contributed by atoms with Gasteiger partial charge in [0.05, 0.1) is 19.7 Å². The van der Waals surface area contributed by atoms with Crippen molar-refractivity contribution in [1.29, 1.82) is 0 Å². The highest BCUT2D eigenvalue weighted by Gasteiger charge is 2.09. The van der Waals surface area contributed by atoms with Gasteiger partial charge in [-0.3, -0.25) is 0 Å². The lowest BCUT2D eigenvalue weighted by molar-refractivity contribution is 0.285. The minimum atomic E-state index is -0.198. The molecule has 2 N–H and O–H groups in total. The molecule has 1 unspecified atom stereocenters. The Morgan fingerprint density at radius 1 is 1.26 bits per heavy atom. The molecule has 0 spiro atoms. The summed E-state index contributed by atoms with van der Waals surface area (Å²) in [6.45, 7) is 2.86. The summed E-state index contributed by atoms with van der Waals surface area (Å²) in [6, 6.07) is 7.20. The molecule has 1 aromatic carbocycles. The van der Waals surface area contributed by atoms with Gasteiger partial charge in [-0.25, -0.2) is 4.68 Å². The Bertz CT molecular complexity index is 509. The van der Waals surface area contributed by atoms with E-state index < -0.39 is 0 Å². The Morgan fingerprint density at radius 2 is 1.95 bits per heavy atom. The SMILES string of the molecule is COc1ccc(OCCn2nnnc2C(C)N)cc1. The van der Waals surface area contributed by atoms with Crippen LogP contribution in [0.25, 0.3) is 0 Å². The molecule has 0 bridgehead atoms. The van der Waals surface area contributed by atoms with Gasteiger partial charge in [0.15, 0.2) is 5.82 Å². The molecule has 7 heteroatoms. The lowest BCUT2D eigenvalue weighted by Crippen LogP contribution is -2.17. The largest absolute Gasteiger partial charge is 0.497 e. The zero-order valence-electron chi connectivity index (χ0n) is 11.0. The number of aromatic nitrogens is 4. The van der Waals surface area contributed by atoms with Gasteiger partial charge < -0.3 is 15.2 Å². The van der Waals surface area contributed by atoms with Crippen molar-refractivity contribution in [2.75, 3.05) is 13.7 Å². The summed E-state index contributed by atoms with van der Waals surface area (Å²) in [6.07, 6.45) is 0. The number of rotatable bonds is 6. The normalized spacial score (nSPS) is 12.2. The Hall–Kier alpha value is -2.15. The molecule has 1 aromatic heterocycles. The van der Waals surface area contributed by atoms with Gasteiger partial charge in [0, 0.05) is 0 Å². The van der Waals surface area contributed by atoms with E-state index in [0.717, 1.165) is 11.5 Å². The molecule has 2 rings (SSSR count). The Kier molecular flexibility index (Phi) is 4.30. The van der Waals surface area contributed by atoms with E-state index in [1.54, 1.807) is 11.8 Å². The van der Waals surface area contributed by atoms with E-state index >= 15 is 0 Å². The first kappa shape index (κ1) is 13.3. The second-order valence-electron chi connectivity index (χ2n) is 4.07. The molecule has 0 aliphatic rings. The van der Waals surface area contributed by atoms with Crippen molar-refractivity contribution in [3.63, 3.8) is 0 Å². The monoisotopic (exact) mass is 263 g/mol.